The summed E-state index contributed by atoms with van der Waals surface area (Å²) in [7, 11) is 0. The number of aliphatic carboxylic acids is 1. The quantitative estimate of drug-likeness (QED) is 0.891. The van der Waals surface area contributed by atoms with Crippen molar-refractivity contribution in [2.24, 2.45) is 0 Å². The Kier molecular flexibility index (Phi) is 4.88. The van der Waals surface area contributed by atoms with Gasteiger partial charge in [0.25, 0.3) is 0 Å². The van der Waals surface area contributed by atoms with Gasteiger partial charge in [0, 0.05) is 6.54 Å². The molecule has 25 heavy (non-hydrogen) atoms. The van der Waals surface area contributed by atoms with Crippen molar-refractivity contribution in [3.63, 3.8) is 0 Å². The van der Waals surface area contributed by atoms with Crippen LogP contribution in [0.1, 0.15) is 18.4 Å². The van der Waals surface area contributed by atoms with E-state index < -0.39 is 18.1 Å². The molecule has 3 rings (SSSR count). The van der Waals surface area contributed by atoms with Gasteiger partial charge in [-0.05, 0) is 41.7 Å². The summed E-state index contributed by atoms with van der Waals surface area (Å²) in [4.78, 5) is 24.5. The lowest BCUT2D eigenvalue weighted by Crippen LogP contribution is -2.40. The fourth-order valence-corrected chi connectivity index (χ4v) is 2.95. The van der Waals surface area contributed by atoms with Crippen molar-refractivity contribution in [3.8, 4) is 16.9 Å². The zero-order chi connectivity index (χ0) is 17.8. The summed E-state index contributed by atoms with van der Waals surface area (Å²) in [5.41, 5.74) is 2.64. The predicted molar refractivity (Wildman–Crippen MR) is 91.1 cm³/mol. The van der Waals surface area contributed by atoms with E-state index in [2.05, 4.69) is 0 Å². The highest BCUT2D eigenvalue weighted by atomic mass is 16.6. The third kappa shape index (κ3) is 3.91. The highest BCUT2D eigenvalue weighted by Gasteiger charge is 2.34. The van der Waals surface area contributed by atoms with Crippen molar-refractivity contribution in [2.75, 3.05) is 6.54 Å². The Labute approximate surface area is 145 Å². The van der Waals surface area contributed by atoms with E-state index in [0.717, 1.165) is 16.7 Å². The molecule has 0 saturated carbocycles. The largest absolute Gasteiger partial charge is 0.508 e. The van der Waals surface area contributed by atoms with Crippen molar-refractivity contribution < 1.29 is 24.5 Å². The molecule has 1 aliphatic rings. The minimum absolute atomic E-state index is 0.0853. The number of carboxylic acid groups (broad SMARTS) is 1. The van der Waals surface area contributed by atoms with Gasteiger partial charge in [-0.25, -0.2) is 9.59 Å². The van der Waals surface area contributed by atoms with Crippen LogP contribution in [-0.2, 0) is 16.1 Å². The summed E-state index contributed by atoms with van der Waals surface area (Å²) >= 11 is 0. The Balaban J connectivity index is 1.60. The van der Waals surface area contributed by atoms with Crippen LogP contribution in [0.5, 0.6) is 5.75 Å². The monoisotopic (exact) mass is 341 g/mol. The molecule has 0 aromatic heterocycles. The number of phenols is 1. The van der Waals surface area contributed by atoms with Crippen molar-refractivity contribution in [1.82, 2.24) is 4.90 Å². The second kappa shape index (κ2) is 7.25. The van der Waals surface area contributed by atoms with Gasteiger partial charge in [-0.3, -0.25) is 4.90 Å². The Bertz CT molecular complexity index is 772. The lowest BCUT2D eigenvalue weighted by molar-refractivity contribution is -0.141. The fraction of sp³-hybridized carbons (Fsp3) is 0.263. The number of nitrogens with zero attached hydrogens (tertiary/aromatic N) is 1. The second-order valence-electron chi connectivity index (χ2n) is 5.99. The molecule has 1 amide bonds. The van der Waals surface area contributed by atoms with Crippen LogP contribution in [0.15, 0.2) is 48.5 Å². The molecule has 130 valence electrons. The van der Waals surface area contributed by atoms with Crippen LogP contribution in [0.4, 0.5) is 4.79 Å². The van der Waals surface area contributed by atoms with Crippen molar-refractivity contribution in [1.29, 1.82) is 0 Å². The number of amides is 1. The summed E-state index contributed by atoms with van der Waals surface area (Å²) in [6.45, 7) is 0.494. The lowest BCUT2D eigenvalue weighted by atomic mass is 10.0. The van der Waals surface area contributed by atoms with Gasteiger partial charge in [-0.15, -0.1) is 0 Å². The molecule has 0 spiro atoms. The van der Waals surface area contributed by atoms with Gasteiger partial charge in [-0.2, -0.15) is 0 Å². The Morgan fingerprint density at radius 1 is 1.12 bits per heavy atom. The van der Waals surface area contributed by atoms with Crippen LogP contribution < -0.4 is 0 Å². The molecular formula is C19H19NO5. The summed E-state index contributed by atoms with van der Waals surface area (Å²) in [6.07, 6.45) is 0.537. The zero-order valence-corrected chi connectivity index (χ0v) is 13.6. The number of phenolic OH excluding ortho intramolecular Hbond substituents is 1. The Morgan fingerprint density at radius 3 is 2.56 bits per heavy atom. The maximum atomic E-state index is 12.1. The Hall–Kier alpha value is -3.02. The fourth-order valence-electron chi connectivity index (χ4n) is 2.95. The van der Waals surface area contributed by atoms with Crippen molar-refractivity contribution in [2.45, 2.75) is 25.5 Å². The summed E-state index contributed by atoms with van der Waals surface area (Å²) in [6, 6.07) is 13.6. The molecule has 2 N–H and O–H groups in total. The number of carboxylic acids is 1. The van der Waals surface area contributed by atoms with Crippen LogP contribution >= 0.6 is 0 Å². The van der Waals surface area contributed by atoms with Gasteiger partial charge in [0.1, 0.15) is 18.4 Å². The van der Waals surface area contributed by atoms with Gasteiger partial charge in [0.15, 0.2) is 0 Å². The average molecular weight is 341 g/mol. The number of ether oxygens (including phenoxy) is 1. The zero-order valence-electron chi connectivity index (χ0n) is 13.6. The molecule has 0 bridgehead atoms. The maximum Gasteiger partial charge on any atom is 0.410 e. The van der Waals surface area contributed by atoms with Gasteiger partial charge in [0.05, 0.1) is 0 Å². The third-order valence-electron chi connectivity index (χ3n) is 4.27. The number of benzene rings is 2. The van der Waals surface area contributed by atoms with Crippen LogP contribution in [-0.4, -0.2) is 39.8 Å². The number of carbonyl (C=O) groups excluding carboxylic acids is 1. The summed E-state index contributed by atoms with van der Waals surface area (Å²) in [5, 5.41) is 18.6. The first kappa shape index (κ1) is 16.8. The normalized spacial score (nSPS) is 16.6. The summed E-state index contributed by atoms with van der Waals surface area (Å²) in [5.74, 6) is -0.793. The molecule has 1 atom stereocenters. The number of hydrogen-bond donors (Lipinski definition) is 2. The molecule has 0 aliphatic carbocycles. The molecule has 6 heteroatoms. The Morgan fingerprint density at radius 2 is 1.88 bits per heavy atom. The molecule has 2 aromatic rings. The molecule has 0 unspecified atom stereocenters. The minimum atomic E-state index is -0.995. The standard InChI is InChI=1S/C19H19NO5/c21-16-4-1-3-15(11-16)14-8-6-13(7-9-14)12-25-19(24)20-10-2-5-17(20)18(22)23/h1,3-4,6-9,11,17,21H,2,5,10,12H2,(H,22,23)/t17-/m0/s1. The number of hydrogen-bond acceptors (Lipinski definition) is 4. The predicted octanol–water partition coefficient (Wildman–Crippen LogP) is 3.24. The van der Waals surface area contributed by atoms with Gasteiger partial charge in [-0.1, -0.05) is 36.4 Å². The lowest BCUT2D eigenvalue weighted by Gasteiger charge is -2.20. The molecule has 1 aliphatic heterocycles. The molecule has 6 nitrogen and oxygen atoms in total. The number of likely N-dealkylation sites (tertiary alicyclic amines) is 1. The van der Waals surface area contributed by atoms with E-state index in [-0.39, 0.29) is 12.4 Å². The van der Waals surface area contributed by atoms with E-state index in [0.29, 0.717) is 19.4 Å². The smallest absolute Gasteiger partial charge is 0.410 e. The van der Waals surface area contributed by atoms with Crippen LogP contribution in [0.25, 0.3) is 11.1 Å². The van der Waals surface area contributed by atoms with Gasteiger partial charge >= 0.3 is 12.1 Å². The van der Waals surface area contributed by atoms with Gasteiger partial charge in [0.2, 0.25) is 0 Å². The van der Waals surface area contributed by atoms with E-state index in [1.165, 1.54) is 4.90 Å². The topological polar surface area (TPSA) is 87.1 Å². The third-order valence-corrected chi connectivity index (χ3v) is 4.27. The number of aromatic hydroxyl groups is 1. The molecule has 1 fully saturated rings. The molecular weight excluding hydrogens is 322 g/mol. The van der Waals surface area contributed by atoms with Crippen LogP contribution in [0.2, 0.25) is 0 Å². The van der Waals surface area contributed by atoms with Crippen LogP contribution in [0.3, 0.4) is 0 Å². The van der Waals surface area contributed by atoms with E-state index in [1.54, 1.807) is 18.2 Å². The minimum Gasteiger partial charge on any atom is -0.508 e. The summed E-state index contributed by atoms with van der Waals surface area (Å²) < 4.78 is 5.24. The molecule has 2 aromatic carbocycles. The first-order chi connectivity index (χ1) is 12.0. The van der Waals surface area contributed by atoms with E-state index in [1.807, 2.05) is 30.3 Å². The van der Waals surface area contributed by atoms with Crippen molar-refractivity contribution in [3.05, 3.63) is 54.1 Å². The van der Waals surface area contributed by atoms with Crippen LogP contribution in [0, 0.1) is 0 Å². The first-order valence-electron chi connectivity index (χ1n) is 8.09. The van der Waals surface area contributed by atoms with Gasteiger partial charge < -0.3 is 14.9 Å². The van der Waals surface area contributed by atoms with Crippen molar-refractivity contribution >= 4 is 12.1 Å². The number of rotatable bonds is 4. The highest BCUT2D eigenvalue weighted by Crippen LogP contribution is 2.24. The first-order valence-corrected chi connectivity index (χ1v) is 8.09. The number of carbonyl (C=O) groups is 2. The molecule has 1 saturated heterocycles. The maximum absolute atomic E-state index is 12.1. The van der Waals surface area contributed by atoms with E-state index >= 15 is 0 Å². The van der Waals surface area contributed by atoms with E-state index in [4.69, 9.17) is 9.84 Å². The SMILES string of the molecule is O=C(O)[C@@H]1CCCN1C(=O)OCc1ccc(-c2cccc(O)c2)cc1. The molecule has 0 radical (unpaired) electrons. The average Bonchev–Trinajstić information content (AvgIpc) is 3.10. The van der Waals surface area contributed by atoms with E-state index in [9.17, 15) is 14.7 Å². The second-order valence-corrected chi connectivity index (χ2v) is 5.99. The highest BCUT2D eigenvalue weighted by molar-refractivity contribution is 5.80. The molecule has 1 heterocycles.